The molecular formula is C15H25N3O3. The second-order valence-electron chi connectivity index (χ2n) is 6.53. The lowest BCUT2D eigenvalue weighted by Gasteiger charge is -2.30. The van der Waals surface area contributed by atoms with Gasteiger partial charge in [-0.1, -0.05) is 20.8 Å². The molecule has 0 spiro atoms. The summed E-state index contributed by atoms with van der Waals surface area (Å²) < 4.78 is 1.75. The highest BCUT2D eigenvalue weighted by atomic mass is 16.4. The van der Waals surface area contributed by atoms with Gasteiger partial charge in [0.15, 0.2) is 0 Å². The van der Waals surface area contributed by atoms with Crippen molar-refractivity contribution in [3.8, 4) is 0 Å². The van der Waals surface area contributed by atoms with Crippen molar-refractivity contribution in [2.24, 2.45) is 12.5 Å². The summed E-state index contributed by atoms with van der Waals surface area (Å²) in [4.78, 5) is 23.2. The van der Waals surface area contributed by atoms with E-state index in [9.17, 15) is 9.59 Å². The molecule has 1 aromatic rings. The molecule has 1 aromatic heterocycles. The summed E-state index contributed by atoms with van der Waals surface area (Å²) in [5.41, 5.74) is 2.37. The Morgan fingerprint density at radius 1 is 1.33 bits per heavy atom. The zero-order chi connectivity index (χ0) is 16.4. The van der Waals surface area contributed by atoms with Gasteiger partial charge in [-0.15, -0.1) is 0 Å². The summed E-state index contributed by atoms with van der Waals surface area (Å²) in [6.45, 7) is 9.54. The van der Waals surface area contributed by atoms with Crippen LogP contribution < -0.4 is 5.32 Å². The molecule has 21 heavy (non-hydrogen) atoms. The van der Waals surface area contributed by atoms with Crippen LogP contribution in [0.3, 0.4) is 0 Å². The fourth-order valence-corrected chi connectivity index (χ4v) is 2.23. The molecule has 1 heterocycles. The zero-order valence-electron chi connectivity index (χ0n) is 13.6. The first-order valence-electron chi connectivity index (χ1n) is 7.02. The predicted octanol–water partition coefficient (Wildman–Crippen LogP) is 1.59. The number of carboxylic acids is 1. The van der Waals surface area contributed by atoms with Crippen molar-refractivity contribution in [1.82, 2.24) is 15.1 Å². The number of amides is 1. The molecule has 6 nitrogen and oxygen atoms in total. The van der Waals surface area contributed by atoms with Gasteiger partial charge in [-0.25, -0.2) is 0 Å². The van der Waals surface area contributed by atoms with Crippen LogP contribution in [-0.4, -0.2) is 32.8 Å². The molecule has 0 aromatic carbocycles. The average Bonchev–Trinajstić information content (AvgIpc) is 2.53. The number of hydrogen-bond donors (Lipinski definition) is 2. The first-order valence-corrected chi connectivity index (χ1v) is 7.02. The smallest absolute Gasteiger partial charge is 0.305 e. The largest absolute Gasteiger partial charge is 0.481 e. The summed E-state index contributed by atoms with van der Waals surface area (Å²) in [6, 6.07) is -0.403. The third-order valence-electron chi connectivity index (χ3n) is 3.76. The molecule has 0 saturated heterocycles. The Balaban J connectivity index is 2.81. The van der Waals surface area contributed by atoms with E-state index in [1.54, 1.807) is 4.68 Å². The van der Waals surface area contributed by atoms with Gasteiger partial charge in [0.05, 0.1) is 18.5 Å². The van der Waals surface area contributed by atoms with Gasteiger partial charge in [-0.3, -0.25) is 14.3 Å². The maximum Gasteiger partial charge on any atom is 0.305 e. The summed E-state index contributed by atoms with van der Waals surface area (Å²) in [6.07, 6.45) is 0.137. The van der Waals surface area contributed by atoms with Gasteiger partial charge < -0.3 is 10.4 Å². The Labute approximate surface area is 125 Å². The predicted molar refractivity (Wildman–Crippen MR) is 80.0 cm³/mol. The van der Waals surface area contributed by atoms with E-state index in [2.05, 4.69) is 10.4 Å². The summed E-state index contributed by atoms with van der Waals surface area (Å²) in [5, 5.41) is 16.1. The van der Waals surface area contributed by atoms with E-state index in [0.717, 1.165) is 17.0 Å². The molecule has 6 heteroatoms. The number of carbonyl (C=O) groups is 2. The van der Waals surface area contributed by atoms with E-state index in [1.165, 1.54) is 0 Å². The number of carbonyl (C=O) groups excluding carboxylic acids is 1. The first-order chi connectivity index (χ1) is 9.52. The van der Waals surface area contributed by atoms with Crippen LogP contribution in [0, 0.1) is 19.3 Å². The minimum absolute atomic E-state index is 0.0831. The number of aryl methyl sites for hydroxylation is 2. The van der Waals surface area contributed by atoms with Gasteiger partial charge in [0.25, 0.3) is 0 Å². The molecule has 0 saturated carbocycles. The van der Waals surface area contributed by atoms with Crippen LogP contribution in [0.25, 0.3) is 0 Å². The van der Waals surface area contributed by atoms with Gasteiger partial charge in [0.1, 0.15) is 0 Å². The maximum absolute atomic E-state index is 12.2. The molecule has 0 aliphatic heterocycles. The molecule has 1 unspecified atom stereocenters. The molecule has 0 aliphatic carbocycles. The average molecular weight is 295 g/mol. The minimum atomic E-state index is -0.913. The molecule has 1 atom stereocenters. The molecule has 0 radical (unpaired) electrons. The Kier molecular flexibility index (Phi) is 5.15. The van der Waals surface area contributed by atoms with E-state index in [4.69, 9.17) is 5.11 Å². The van der Waals surface area contributed by atoms with E-state index in [0.29, 0.717) is 0 Å². The molecule has 1 amide bonds. The lowest BCUT2D eigenvalue weighted by Crippen LogP contribution is -2.45. The van der Waals surface area contributed by atoms with Gasteiger partial charge in [-0.2, -0.15) is 5.10 Å². The van der Waals surface area contributed by atoms with Gasteiger partial charge in [-0.05, 0) is 19.3 Å². The second kappa shape index (κ2) is 6.28. The topological polar surface area (TPSA) is 84.2 Å². The Bertz CT molecular complexity index is 541. The Hall–Kier alpha value is -1.85. The van der Waals surface area contributed by atoms with Crippen LogP contribution in [0.5, 0.6) is 0 Å². The summed E-state index contributed by atoms with van der Waals surface area (Å²) in [7, 11) is 1.84. The number of nitrogens with zero attached hydrogens (tertiary/aromatic N) is 2. The molecule has 1 rings (SSSR count). The number of nitrogens with one attached hydrogen (secondary N) is 1. The van der Waals surface area contributed by atoms with Crippen LogP contribution in [0.4, 0.5) is 0 Å². The second-order valence-corrected chi connectivity index (χ2v) is 6.53. The first kappa shape index (κ1) is 17.2. The van der Waals surface area contributed by atoms with Crippen molar-refractivity contribution in [3.05, 3.63) is 17.0 Å². The molecular weight excluding hydrogens is 270 g/mol. The van der Waals surface area contributed by atoms with E-state index in [-0.39, 0.29) is 24.2 Å². The van der Waals surface area contributed by atoms with Crippen LogP contribution in [0.2, 0.25) is 0 Å². The van der Waals surface area contributed by atoms with Crippen molar-refractivity contribution in [2.45, 2.75) is 53.5 Å². The molecule has 0 bridgehead atoms. The monoisotopic (exact) mass is 295 g/mol. The molecule has 2 N–H and O–H groups in total. The number of aliphatic carboxylic acids is 1. The number of carboxylic acid groups (broad SMARTS) is 1. The zero-order valence-corrected chi connectivity index (χ0v) is 13.6. The third kappa shape index (κ3) is 4.58. The fourth-order valence-electron chi connectivity index (χ4n) is 2.23. The number of aromatic nitrogens is 2. The molecule has 0 aliphatic rings. The van der Waals surface area contributed by atoms with Crippen molar-refractivity contribution in [1.29, 1.82) is 0 Å². The van der Waals surface area contributed by atoms with Crippen LogP contribution in [0.1, 0.15) is 44.1 Å². The van der Waals surface area contributed by atoms with Crippen LogP contribution >= 0.6 is 0 Å². The minimum Gasteiger partial charge on any atom is -0.481 e. The SMILES string of the molecule is Cc1nn(C)c(C)c1CC(=O)NC(CC(=O)O)C(C)(C)C. The molecule has 118 valence electrons. The highest BCUT2D eigenvalue weighted by molar-refractivity contribution is 5.80. The standard InChI is InChI=1S/C15H25N3O3/c1-9-11(10(2)18(6)17-9)7-13(19)16-12(8-14(20)21)15(3,4)5/h12H,7-8H2,1-6H3,(H,16,19)(H,20,21). The van der Waals surface area contributed by atoms with E-state index < -0.39 is 12.0 Å². The number of rotatable bonds is 5. The lowest BCUT2D eigenvalue weighted by atomic mass is 9.84. The van der Waals surface area contributed by atoms with Crippen molar-refractivity contribution >= 4 is 11.9 Å². The van der Waals surface area contributed by atoms with Crippen molar-refractivity contribution in [3.63, 3.8) is 0 Å². The fraction of sp³-hybridized carbons (Fsp3) is 0.667. The lowest BCUT2D eigenvalue weighted by molar-refractivity contribution is -0.138. The Morgan fingerprint density at radius 3 is 2.29 bits per heavy atom. The molecule has 0 fully saturated rings. The number of hydrogen-bond acceptors (Lipinski definition) is 3. The van der Waals surface area contributed by atoms with E-state index in [1.807, 2.05) is 41.7 Å². The maximum atomic E-state index is 12.2. The van der Waals surface area contributed by atoms with Crippen LogP contribution in [0.15, 0.2) is 0 Å². The normalized spacial score (nSPS) is 13.0. The summed E-state index contributed by atoms with van der Waals surface area (Å²) >= 11 is 0. The Morgan fingerprint density at radius 2 is 1.90 bits per heavy atom. The van der Waals surface area contributed by atoms with Crippen molar-refractivity contribution < 1.29 is 14.7 Å². The van der Waals surface area contributed by atoms with Crippen molar-refractivity contribution in [2.75, 3.05) is 0 Å². The third-order valence-corrected chi connectivity index (χ3v) is 3.76. The van der Waals surface area contributed by atoms with E-state index >= 15 is 0 Å². The van der Waals surface area contributed by atoms with Gasteiger partial charge >= 0.3 is 5.97 Å². The van der Waals surface area contributed by atoms with Crippen LogP contribution in [-0.2, 0) is 23.1 Å². The highest BCUT2D eigenvalue weighted by Crippen LogP contribution is 2.22. The summed E-state index contributed by atoms with van der Waals surface area (Å²) in [5.74, 6) is -1.08. The highest BCUT2D eigenvalue weighted by Gasteiger charge is 2.28. The van der Waals surface area contributed by atoms with Gasteiger partial charge in [0, 0.05) is 24.3 Å². The quantitative estimate of drug-likeness (QED) is 0.864. The van der Waals surface area contributed by atoms with Gasteiger partial charge in [0.2, 0.25) is 5.91 Å².